The smallest absolute Gasteiger partial charge is 0.0337 e. The second kappa shape index (κ2) is 14.5. The third-order valence-electron chi connectivity index (χ3n) is 8.53. The van der Waals surface area contributed by atoms with Crippen molar-refractivity contribution in [3.8, 4) is 22.3 Å². The predicted molar refractivity (Wildman–Crippen MR) is 215 cm³/mol. The number of allylic oxidation sites excluding steroid dienone is 6. The average Bonchev–Trinajstić information content (AvgIpc) is 3.14. The highest BCUT2D eigenvalue weighted by Gasteiger charge is 2.21. The molecule has 0 radical (unpaired) electrons. The zero-order chi connectivity index (χ0) is 32.9. The zero-order valence-corrected chi connectivity index (χ0v) is 29.4. The Morgan fingerprint density at radius 3 is 1.72 bits per heavy atom. The van der Waals surface area contributed by atoms with Crippen molar-refractivity contribution in [1.82, 2.24) is 0 Å². The standard InChI is InChI=1S/C43H34S2.C2H6/c1-5-14-42-28(4)44-41(7-3)43(45-42)34(6-2)33-18-13-17-30(25-33)32-22-24-38-37-23-21-31(29-15-9-8-10-16-29)26-39(37)35-19-11-12-20-36(35)40(38)27-32;1-2/h5-27H,2H2,1,3-4H3;1-2H3/b14-5-,41-7+,43-34-;. The number of benzene rings is 6. The molecule has 0 saturated carbocycles. The molecule has 47 heavy (non-hydrogen) atoms. The van der Waals surface area contributed by atoms with Crippen LogP contribution < -0.4 is 0 Å². The first-order valence-electron chi connectivity index (χ1n) is 16.4. The Morgan fingerprint density at radius 2 is 1.13 bits per heavy atom. The summed E-state index contributed by atoms with van der Waals surface area (Å²) in [5.41, 5.74) is 7.25. The summed E-state index contributed by atoms with van der Waals surface area (Å²) >= 11 is 3.69. The summed E-state index contributed by atoms with van der Waals surface area (Å²) in [6, 6.07) is 42.3. The number of fused-ring (bicyclic) bond motifs is 6. The quantitative estimate of drug-likeness (QED) is 0.171. The average molecular weight is 645 g/mol. The van der Waals surface area contributed by atoms with E-state index in [1.165, 1.54) is 85.3 Å². The molecule has 1 heterocycles. The van der Waals surface area contributed by atoms with Crippen molar-refractivity contribution in [2.45, 2.75) is 34.6 Å². The first-order chi connectivity index (χ1) is 23.1. The summed E-state index contributed by atoms with van der Waals surface area (Å²) in [6.07, 6.45) is 8.57. The van der Waals surface area contributed by atoms with Gasteiger partial charge < -0.3 is 0 Å². The molecule has 0 amide bonds. The normalized spacial score (nSPS) is 15.4. The lowest BCUT2D eigenvalue weighted by Crippen LogP contribution is -1.96. The minimum atomic E-state index is 1.17. The molecule has 6 aromatic carbocycles. The van der Waals surface area contributed by atoms with Crippen LogP contribution in [0.2, 0.25) is 0 Å². The summed E-state index contributed by atoms with van der Waals surface area (Å²) in [7, 11) is 0. The van der Waals surface area contributed by atoms with Gasteiger partial charge in [-0.3, -0.25) is 0 Å². The topological polar surface area (TPSA) is 0 Å². The molecule has 6 aromatic rings. The Morgan fingerprint density at radius 1 is 0.574 bits per heavy atom. The fraction of sp³-hybridized carbons (Fsp3) is 0.111. The lowest BCUT2D eigenvalue weighted by molar-refractivity contribution is 1.50. The lowest BCUT2D eigenvalue weighted by Gasteiger charge is -2.23. The summed E-state index contributed by atoms with van der Waals surface area (Å²) in [4.78, 5) is 5.17. The maximum Gasteiger partial charge on any atom is 0.0337 e. The van der Waals surface area contributed by atoms with Gasteiger partial charge in [0.15, 0.2) is 0 Å². The molecule has 0 aromatic heterocycles. The van der Waals surface area contributed by atoms with Gasteiger partial charge in [0.25, 0.3) is 0 Å². The van der Waals surface area contributed by atoms with Crippen LogP contribution >= 0.6 is 23.5 Å². The molecule has 0 unspecified atom stereocenters. The van der Waals surface area contributed by atoms with E-state index in [1.54, 1.807) is 0 Å². The van der Waals surface area contributed by atoms with Crippen LogP contribution in [0.3, 0.4) is 0 Å². The highest BCUT2D eigenvalue weighted by Crippen LogP contribution is 2.51. The third kappa shape index (κ3) is 6.29. The third-order valence-corrected chi connectivity index (χ3v) is 11.3. The summed E-state index contributed by atoms with van der Waals surface area (Å²) in [6.45, 7) is 14.7. The Labute approximate surface area is 288 Å². The summed E-state index contributed by atoms with van der Waals surface area (Å²) in [5, 5.41) is 7.71. The van der Waals surface area contributed by atoms with Crippen LogP contribution in [0, 0.1) is 0 Å². The van der Waals surface area contributed by atoms with Crippen LogP contribution in [0.25, 0.3) is 60.1 Å². The van der Waals surface area contributed by atoms with Gasteiger partial charge in [-0.2, -0.15) is 0 Å². The van der Waals surface area contributed by atoms with Crippen molar-refractivity contribution in [2.75, 3.05) is 0 Å². The minimum Gasteiger partial charge on any atom is -0.0984 e. The van der Waals surface area contributed by atoms with Crippen LogP contribution in [0.15, 0.2) is 166 Å². The van der Waals surface area contributed by atoms with Crippen LogP contribution in [0.4, 0.5) is 0 Å². The predicted octanol–water partition coefficient (Wildman–Crippen LogP) is 14.6. The van der Waals surface area contributed by atoms with Gasteiger partial charge in [0, 0.05) is 19.6 Å². The van der Waals surface area contributed by atoms with Crippen LogP contribution in [-0.4, -0.2) is 0 Å². The second-order valence-corrected chi connectivity index (χ2v) is 13.5. The van der Waals surface area contributed by atoms with E-state index in [-0.39, 0.29) is 0 Å². The molecule has 7 rings (SSSR count). The fourth-order valence-corrected chi connectivity index (χ4v) is 8.74. The van der Waals surface area contributed by atoms with Crippen molar-refractivity contribution >= 4 is 61.4 Å². The van der Waals surface area contributed by atoms with Gasteiger partial charge in [0.1, 0.15) is 0 Å². The van der Waals surface area contributed by atoms with Crippen LogP contribution in [0.1, 0.15) is 40.2 Å². The van der Waals surface area contributed by atoms with Gasteiger partial charge in [-0.1, -0.05) is 165 Å². The first-order valence-corrected chi connectivity index (χ1v) is 18.0. The first kappa shape index (κ1) is 32.4. The molecule has 0 fully saturated rings. The van der Waals surface area contributed by atoms with E-state index in [9.17, 15) is 0 Å². The van der Waals surface area contributed by atoms with Crippen LogP contribution in [-0.2, 0) is 0 Å². The Balaban J connectivity index is 0.00000190. The second-order valence-electron chi connectivity index (χ2n) is 11.2. The van der Waals surface area contributed by atoms with Crippen molar-refractivity contribution in [2.24, 2.45) is 0 Å². The number of hydrogen-bond donors (Lipinski definition) is 0. The van der Waals surface area contributed by atoms with E-state index < -0.39 is 0 Å². The molecule has 0 nitrogen and oxygen atoms in total. The number of hydrogen-bond acceptors (Lipinski definition) is 2. The van der Waals surface area contributed by atoms with E-state index in [0.29, 0.717) is 0 Å². The maximum atomic E-state index is 4.26. The molecule has 1 aliphatic heterocycles. The summed E-state index contributed by atoms with van der Waals surface area (Å²) < 4.78 is 0. The van der Waals surface area contributed by atoms with E-state index in [4.69, 9.17) is 0 Å². The van der Waals surface area contributed by atoms with Crippen molar-refractivity contribution in [3.63, 3.8) is 0 Å². The molecule has 0 N–H and O–H groups in total. The number of rotatable bonds is 5. The zero-order valence-electron chi connectivity index (χ0n) is 27.8. The SMILES string of the molecule is C=C/C(=C1/SC(/C=C\C)=C(C)S/C1=C/C)c1cccc(-c2ccc3c4ccc(-c5ccccc5)cc4c4ccccc4c3c2)c1.CC. The highest BCUT2D eigenvalue weighted by atomic mass is 32.2. The Kier molecular flexibility index (Phi) is 10.0. The minimum absolute atomic E-state index is 1.17. The molecule has 0 atom stereocenters. The Hall–Kier alpha value is -4.50. The molecule has 0 saturated heterocycles. The molecule has 2 heteroatoms. The van der Waals surface area contributed by atoms with E-state index in [1.807, 2.05) is 43.4 Å². The van der Waals surface area contributed by atoms with Gasteiger partial charge in [-0.25, -0.2) is 0 Å². The molecule has 0 spiro atoms. The summed E-state index contributed by atoms with van der Waals surface area (Å²) in [5.74, 6) is 0. The van der Waals surface area contributed by atoms with Gasteiger partial charge >= 0.3 is 0 Å². The van der Waals surface area contributed by atoms with Gasteiger partial charge in [-0.05, 0) is 105 Å². The molecule has 1 aliphatic rings. The van der Waals surface area contributed by atoms with Gasteiger partial charge in [-0.15, -0.1) is 0 Å². The fourth-order valence-electron chi connectivity index (χ4n) is 6.33. The highest BCUT2D eigenvalue weighted by molar-refractivity contribution is 8.15. The van der Waals surface area contributed by atoms with E-state index >= 15 is 0 Å². The monoisotopic (exact) mass is 644 g/mol. The number of thioether (sulfide) groups is 2. The maximum absolute atomic E-state index is 4.26. The van der Waals surface area contributed by atoms with Gasteiger partial charge in [0.2, 0.25) is 0 Å². The Bertz CT molecular complexity index is 2220. The lowest BCUT2D eigenvalue weighted by atomic mass is 9.90. The molecular formula is C45H40S2. The largest absolute Gasteiger partial charge is 0.0984 e. The van der Waals surface area contributed by atoms with Crippen molar-refractivity contribution in [1.29, 1.82) is 0 Å². The van der Waals surface area contributed by atoms with Gasteiger partial charge in [0.05, 0.1) is 0 Å². The molecule has 232 valence electrons. The van der Waals surface area contributed by atoms with Crippen molar-refractivity contribution in [3.05, 3.63) is 171 Å². The molecule has 0 aliphatic carbocycles. The molecule has 0 bridgehead atoms. The van der Waals surface area contributed by atoms with Crippen LogP contribution in [0.5, 0.6) is 0 Å². The van der Waals surface area contributed by atoms with Crippen molar-refractivity contribution < 1.29 is 0 Å². The van der Waals surface area contributed by atoms with E-state index in [2.05, 4.69) is 161 Å². The van der Waals surface area contributed by atoms with E-state index in [0.717, 1.165) is 0 Å². The molecular weight excluding hydrogens is 605 g/mol.